The van der Waals surface area contributed by atoms with Crippen LogP contribution in [0.1, 0.15) is 53.4 Å². The van der Waals surface area contributed by atoms with E-state index in [9.17, 15) is 10.2 Å². The number of aliphatic hydroxyl groups is 2. The largest absolute Gasteiger partial charge is 0.382 e. The molecule has 0 saturated heterocycles. The van der Waals surface area contributed by atoms with Crippen molar-refractivity contribution < 1.29 is 10.2 Å². The number of hydrogen-bond donors (Lipinski definition) is 2. The SMILES string of the molecule is C=C(C)[C@@H]1CC=C(C)[C@@](O)([C@]2(O)C[C@@H](C(=C)C)CC=C2C)C1. The minimum absolute atomic E-state index is 0.218. The number of hydrogen-bond acceptors (Lipinski definition) is 2. The molecule has 2 rings (SSSR count). The van der Waals surface area contributed by atoms with Crippen molar-refractivity contribution in [3.8, 4) is 0 Å². The molecule has 0 aromatic heterocycles. The Morgan fingerprint density at radius 1 is 0.909 bits per heavy atom. The second kappa shape index (κ2) is 5.82. The summed E-state index contributed by atoms with van der Waals surface area (Å²) in [5.41, 5.74) is 1.46. The monoisotopic (exact) mass is 302 g/mol. The standard InChI is InChI=1S/C20H30O2/c1-13(2)17-9-7-15(5)19(21,11-17)20(22)12-18(14(3)4)10-8-16(20)6/h7-8,17-18,21-22H,1,3,9-12H2,2,4-6H3/t17-,18+,19-,20+. The Labute approximate surface area is 134 Å². The summed E-state index contributed by atoms with van der Waals surface area (Å²) in [5.74, 6) is 0.437. The lowest BCUT2D eigenvalue weighted by atomic mass is 9.60. The molecule has 0 aromatic carbocycles. The highest BCUT2D eigenvalue weighted by Crippen LogP contribution is 2.50. The molecule has 22 heavy (non-hydrogen) atoms. The third-order valence-corrected chi connectivity index (χ3v) is 5.88. The van der Waals surface area contributed by atoms with E-state index >= 15 is 0 Å². The lowest BCUT2D eigenvalue weighted by Gasteiger charge is -2.51. The highest BCUT2D eigenvalue weighted by atomic mass is 16.4. The summed E-state index contributed by atoms with van der Waals surface area (Å²) in [4.78, 5) is 0. The molecule has 0 bridgehead atoms. The van der Waals surface area contributed by atoms with Gasteiger partial charge in [-0.25, -0.2) is 0 Å². The first-order chi connectivity index (χ1) is 10.1. The second-order valence-corrected chi connectivity index (χ2v) is 7.46. The average Bonchev–Trinajstić information content (AvgIpc) is 2.44. The Morgan fingerprint density at radius 2 is 1.23 bits per heavy atom. The smallest absolute Gasteiger partial charge is 0.118 e. The molecule has 0 aromatic rings. The summed E-state index contributed by atoms with van der Waals surface area (Å²) in [6.07, 6.45) is 7.00. The predicted molar refractivity (Wildman–Crippen MR) is 92.5 cm³/mol. The minimum atomic E-state index is -1.22. The van der Waals surface area contributed by atoms with Crippen LogP contribution in [0.3, 0.4) is 0 Å². The van der Waals surface area contributed by atoms with Gasteiger partial charge in [-0.1, -0.05) is 36.5 Å². The van der Waals surface area contributed by atoms with E-state index in [0.29, 0.717) is 12.8 Å². The molecule has 0 aliphatic heterocycles. The van der Waals surface area contributed by atoms with Crippen LogP contribution in [-0.2, 0) is 0 Å². The topological polar surface area (TPSA) is 40.5 Å². The van der Waals surface area contributed by atoms with Crippen molar-refractivity contribution in [2.24, 2.45) is 11.8 Å². The average molecular weight is 302 g/mol. The van der Waals surface area contributed by atoms with Crippen LogP contribution in [0.15, 0.2) is 47.6 Å². The van der Waals surface area contributed by atoms with Crippen molar-refractivity contribution in [2.45, 2.75) is 64.6 Å². The summed E-state index contributed by atoms with van der Waals surface area (Å²) < 4.78 is 0. The predicted octanol–water partition coefficient (Wildman–Crippen LogP) is 4.31. The van der Waals surface area contributed by atoms with Crippen LogP contribution in [0.25, 0.3) is 0 Å². The van der Waals surface area contributed by atoms with Gasteiger partial charge < -0.3 is 10.2 Å². The molecule has 0 unspecified atom stereocenters. The Bertz CT molecular complexity index is 504. The first-order valence-corrected chi connectivity index (χ1v) is 8.22. The summed E-state index contributed by atoms with van der Waals surface area (Å²) in [5, 5.41) is 23.0. The summed E-state index contributed by atoms with van der Waals surface area (Å²) in [6, 6.07) is 0. The van der Waals surface area contributed by atoms with Gasteiger partial charge >= 0.3 is 0 Å². The van der Waals surface area contributed by atoms with Crippen molar-refractivity contribution in [1.82, 2.24) is 0 Å². The molecule has 0 amide bonds. The second-order valence-electron chi connectivity index (χ2n) is 7.46. The Kier molecular flexibility index (Phi) is 4.56. The van der Waals surface area contributed by atoms with Gasteiger partial charge in [-0.15, -0.1) is 0 Å². The van der Waals surface area contributed by atoms with Crippen LogP contribution in [0.5, 0.6) is 0 Å². The fourth-order valence-corrected chi connectivity index (χ4v) is 3.92. The molecule has 0 saturated carbocycles. The summed E-state index contributed by atoms with van der Waals surface area (Å²) in [6.45, 7) is 16.0. The van der Waals surface area contributed by atoms with Crippen LogP contribution in [-0.4, -0.2) is 21.4 Å². The maximum atomic E-state index is 11.5. The van der Waals surface area contributed by atoms with E-state index in [-0.39, 0.29) is 11.8 Å². The van der Waals surface area contributed by atoms with Gasteiger partial charge in [-0.2, -0.15) is 0 Å². The Balaban J connectivity index is 2.45. The fraction of sp³-hybridized carbons (Fsp3) is 0.600. The van der Waals surface area contributed by atoms with E-state index in [2.05, 4.69) is 25.3 Å². The Hall–Kier alpha value is -1.12. The first kappa shape index (κ1) is 17.2. The molecule has 4 atom stereocenters. The van der Waals surface area contributed by atoms with Gasteiger partial charge in [0.15, 0.2) is 0 Å². The lowest BCUT2D eigenvalue weighted by molar-refractivity contribution is -0.130. The Morgan fingerprint density at radius 3 is 1.50 bits per heavy atom. The van der Waals surface area contributed by atoms with Crippen molar-refractivity contribution in [2.75, 3.05) is 0 Å². The molecule has 2 aliphatic rings. The van der Waals surface area contributed by atoms with Gasteiger partial charge in [-0.05, 0) is 76.4 Å². The van der Waals surface area contributed by atoms with E-state index < -0.39 is 11.2 Å². The van der Waals surface area contributed by atoms with Gasteiger partial charge in [0.2, 0.25) is 0 Å². The van der Waals surface area contributed by atoms with E-state index in [0.717, 1.165) is 35.1 Å². The minimum Gasteiger partial charge on any atom is -0.382 e. The number of allylic oxidation sites excluding steroid dienone is 4. The van der Waals surface area contributed by atoms with Gasteiger partial charge in [0, 0.05) is 0 Å². The molecule has 2 aliphatic carbocycles. The van der Waals surface area contributed by atoms with Crippen LogP contribution in [0, 0.1) is 11.8 Å². The molecule has 122 valence electrons. The van der Waals surface area contributed by atoms with Crippen molar-refractivity contribution in [3.05, 3.63) is 47.6 Å². The highest BCUT2D eigenvalue weighted by Gasteiger charge is 2.55. The zero-order valence-corrected chi connectivity index (χ0v) is 14.4. The van der Waals surface area contributed by atoms with Crippen LogP contribution in [0.4, 0.5) is 0 Å². The number of rotatable bonds is 3. The molecule has 2 heteroatoms. The van der Waals surface area contributed by atoms with E-state index in [1.165, 1.54) is 0 Å². The maximum absolute atomic E-state index is 11.5. The third kappa shape index (κ3) is 2.63. The van der Waals surface area contributed by atoms with Gasteiger partial charge in [0.25, 0.3) is 0 Å². The van der Waals surface area contributed by atoms with E-state index in [1.807, 2.05) is 27.7 Å². The quantitative estimate of drug-likeness (QED) is 0.763. The molecule has 0 fully saturated rings. The lowest BCUT2D eigenvalue weighted by Crippen LogP contribution is -2.59. The maximum Gasteiger partial charge on any atom is 0.118 e. The molecule has 2 N–H and O–H groups in total. The molecule has 2 nitrogen and oxygen atoms in total. The van der Waals surface area contributed by atoms with E-state index in [1.54, 1.807) is 0 Å². The van der Waals surface area contributed by atoms with Gasteiger partial charge in [0.1, 0.15) is 11.2 Å². The van der Waals surface area contributed by atoms with Crippen LogP contribution in [0.2, 0.25) is 0 Å². The molecular weight excluding hydrogens is 272 g/mol. The molecule has 0 heterocycles. The normalized spacial score (nSPS) is 39.0. The third-order valence-electron chi connectivity index (χ3n) is 5.88. The van der Waals surface area contributed by atoms with Gasteiger partial charge in [-0.3, -0.25) is 0 Å². The van der Waals surface area contributed by atoms with Crippen LogP contribution < -0.4 is 0 Å². The van der Waals surface area contributed by atoms with Crippen molar-refractivity contribution >= 4 is 0 Å². The molecule has 0 spiro atoms. The van der Waals surface area contributed by atoms with E-state index in [4.69, 9.17) is 0 Å². The fourth-order valence-electron chi connectivity index (χ4n) is 3.92. The summed E-state index contributed by atoms with van der Waals surface area (Å²) >= 11 is 0. The summed E-state index contributed by atoms with van der Waals surface area (Å²) in [7, 11) is 0. The zero-order valence-electron chi connectivity index (χ0n) is 14.4. The van der Waals surface area contributed by atoms with Gasteiger partial charge in [0.05, 0.1) is 0 Å². The van der Waals surface area contributed by atoms with Crippen molar-refractivity contribution in [3.63, 3.8) is 0 Å². The highest BCUT2D eigenvalue weighted by molar-refractivity contribution is 5.37. The molecular formula is C20H30O2. The zero-order chi connectivity index (χ0) is 16.7. The first-order valence-electron chi connectivity index (χ1n) is 8.22. The molecule has 0 radical (unpaired) electrons. The van der Waals surface area contributed by atoms with Crippen LogP contribution >= 0.6 is 0 Å². The van der Waals surface area contributed by atoms with Crippen molar-refractivity contribution in [1.29, 1.82) is 0 Å².